The summed E-state index contributed by atoms with van der Waals surface area (Å²) < 4.78 is 0. The van der Waals surface area contributed by atoms with Crippen LogP contribution in [0.15, 0.2) is 0 Å². The van der Waals surface area contributed by atoms with Gasteiger partial charge in [0, 0.05) is 38.1 Å². The molecule has 2 nitrogen and oxygen atoms in total. The smallest absolute Gasteiger partial charge is 0.0159 e. The Morgan fingerprint density at radius 3 is 2.56 bits per heavy atom. The van der Waals surface area contributed by atoms with Crippen LogP contribution >= 0.6 is 15.9 Å². The van der Waals surface area contributed by atoms with E-state index in [2.05, 4.69) is 26.1 Å². The van der Waals surface area contributed by atoms with Gasteiger partial charge in [-0.25, -0.2) is 0 Å². The molecule has 0 aromatic rings. The average Bonchev–Trinajstić information content (AvgIpc) is 1.91. The molecule has 0 spiro atoms. The predicted molar refractivity (Wildman–Crippen MR) is 43.1 cm³/mol. The normalized spacial score (nSPS) is 22.3. The topological polar surface area (TPSA) is 15.3 Å². The predicted octanol–water partition coefficient (Wildman–Crippen LogP) is 0.287. The SMILES string of the molecule is BrCCN1CCNCC1. The summed E-state index contributed by atoms with van der Waals surface area (Å²) in [4.78, 5) is 2.46. The number of rotatable bonds is 2. The van der Waals surface area contributed by atoms with Gasteiger partial charge in [-0.3, -0.25) is 4.90 Å². The molecule has 1 N–H and O–H groups in total. The minimum Gasteiger partial charge on any atom is -0.314 e. The van der Waals surface area contributed by atoms with Crippen molar-refractivity contribution in [3.8, 4) is 0 Å². The zero-order valence-corrected chi connectivity index (χ0v) is 7.15. The van der Waals surface area contributed by atoms with Crippen LogP contribution in [0.1, 0.15) is 0 Å². The summed E-state index contributed by atoms with van der Waals surface area (Å²) in [5.74, 6) is 0. The Morgan fingerprint density at radius 1 is 1.33 bits per heavy atom. The first kappa shape index (κ1) is 7.51. The molecule has 0 atom stereocenters. The molecular weight excluding hydrogens is 180 g/mol. The Hall–Kier alpha value is 0.400. The Morgan fingerprint density at radius 2 is 2.00 bits per heavy atom. The molecule has 0 aromatic carbocycles. The molecule has 9 heavy (non-hydrogen) atoms. The molecular formula is C6H13BrN2. The standard InChI is InChI=1S/C6H13BrN2/c7-1-4-9-5-2-8-3-6-9/h8H,1-6H2. The Kier molecular flexibility index (Phi) is 3.55. The fourth-order valence-corrected chi connectivity index (χ4v) is 1.56. The second-order valence-electron chi connectivity index (χ2n) is 2.28. The molecule has 0 aliphatic carbocycles. The minimum absolute atomic E-state index is 1.10. The molecule has 0 radical (unpaired) electrons. The van der Waals surface area contributed by atoms with Crippen molar-refractivity contribution < 1.29 is 0 Å². The number of hydrogen-bond acceptors (Lipinski definition) is 2. The molecule has 1 rings (SSSR count). The molecule has 0 aromatic heterocycles. The number of nitrogens with one attached hydrogen (secondary N) is 1. The van der Waals surface area contributed by atoms with Gasteiger partial charge < -0.3 is 5.32 Å². The largest absolute Gasteiger partial charge is 0.314 e. The Labute approximate surface area is 64.7 Å². The van der Waals surface area contributed by atoms with Crippen LogP contribution in [-0.2, 0) is 0 Å². The van der Waals surface area contributed by atoms with Crippen molar-refractivity contribution in [1.29, 1.82) is 0 Å². The summed E-state index contributed by atoms with van der Waals surface area (Å²) in [6.07, 6.45) is 0. The van der Waals surface area contributed by atoms with Gasteiger partial charge in [0.2, 0.25) is 0 Å². The van der Waals surface area contributed by atoms with Crippen LogP contribution in [0, 0.1) is 0 Å². The quantitative estimate of drug-likeness (QED) is 0.634. The van der Waals surface area contributed by atoms with Gasteiger partial charge in [-0.05, 0) is 0 Å². The Bertz CT molecular complexity index is 68.7. The molecule has 1 aliphatic rings. The summed E-state index contributed by atoms with van der Waals surface area (Å²) in [5, 5.41) is 4.42. The van der Waals surface area contributed by atoms with Crippen molar-refractivity contribution in [2.24, 2.45) is 0 Å². The number of hydrogen-bond donors (Lipinski definition) is 1. The first-order valence-electron chi connectivity index (χ1n) is 3.42. The number of piperazine rings is 1. The van der Waals surface area contributed by atoms with Crippen molar-refractivity contribution in [1.82, 2.24) is 10.2 Å². The van der Waals surface area contributed by atoms with Gasteiger partial charge in [0.25, 0.3) is 0 Å². The lowest BCUT2D eigenvalue weighted by Gasteiger charge is -2.26. The maximum atomic E-state index is 3.42. The highest BCUT2D eigenvalue weighted by atomic mass is 79.9. The van der Waals surface area contributed by atoms with E-state index in [0.29, 0.717) is 0 Å². The highest BCUT2D eigenvalue weighted by molar-refractivity contribution is 9.09. The van der Waals surface area contributed by atoms with E-state index in [-0.39, 0.29) is 0 Å². The molecule has 0 saturated carbocycles. The van der Waals surface area contributed by atoms with E-state index in [1.807, 2.05) is 0 Å². The van der Waals surface area contributed by atoms with E-state index >= 15 is 0 Å². The molecule has 1 heterocycles. The maximum absolute atomic E-state index is 3.42. The average molecular weight is 193 g/mol. The molecule has 1 saturated heterocycles. The van der Waals surface area contributed by atoms with Gasteiger partial charge in [-0.2, -0.15) is 0 Å². The fraction of sp³-hybridized carbons (Fsp3) is 1.00. The van der Waals surface area contributed by atoms with Gasteiger partial charge in [0.05, 0.1) is 0 Å². The number of halogens is 1. The summed E-state index contributed by atoms with van der Waals surface area (Å²) in [7, 11) is 0. The van der Waals surface area contributed by atoms with Crippen molar-refractivity contribution >= 4 is 15.9 Å². The summed E-state index contributed by atoms with van der Waals surface area (Å²) in [6, 6.07) is 0. The van der Waals surface area contributed by atoms with Crippen LogP contribution in [-0.4, -0.2) is 43.0 Å². The maximum Gasteiger partial charge on any atom is 0.0159 e. The zero-order chi connectivity index (χ0) is 6.53. The summed E-state index contributed by atoms with van der Waals surface area (Å²) in [5.41, 5.74) is 0. The third-order valence-corrected chi connectivity index (χ3v) is 1.96. The second kappa shape index (κ2) is 4.25. The van der Waals surface area contributed by atoms with Gasteiger partial charge in [-0.1, -0.05) is 15.9 Å². The van der Waals surface area contributed by atoms with E-state index in [4.69, 9.17) is 0 Å². The van der Waals surface area contributed by atoms with Crippen LogP contribution in [0.4, 0.5) is 0 Å². The minimum atomic E-state index is 1.10. The van der Waals surface area contributed by atoms with Gasteiger partial charge in [0.1, 0.15) is 0 Å². The van der Waals surface area contributed by atoms with Crippen LogP contribution in [0.2, 0.25) is 0 Å². The van der Waals surface area contributed by atoms with Crippen molar-refractivity contribution in [3.63, 3.8) is 0 Å². The van der Waals surface area contributed by atoms with Crippen molar-refractivity contribution in [3.05, 3.63) is 0 Å². The molecule has 54 valence electrons. The third kappa shape index (κ3) is 2.65. The van der Waals surface area contributed by atoms with E-state index in [1.165, 1.54) is 19.6 Å². The van der Waals surface area contributed by atoms with Gasteiger partial charge in [-0.15, -0.1) is 0 Å². The van der Waals surface area contributed by atoms with Crippen LogP contribution in [0.3, 0.4) is 0 Å². The number of alkyl halides is 1. The zero-order valence-electron chi connectivity index (χ0n) is 5.57. The van der Waals surface area contributed by atoms with Crippen LogP contribution in [0.5, 0.6) is 0 Å². The van der Waals surface area contributed by atoms with E-state index in [0.717, 1.165) is 18.4 Å². The molecule has 1 fully saturated rings. The van der Waals surface area contributed by atoms with Crippen LogP contribution in [0.25, 0.3) is 0 Å². The Balaban J connectivity index is 2.08. The van der Waals surface area contributed by atoms with Crippen molar-refractivity contribution in [2.45, 2.75) is 0 Å². The number of nitrogens with zero attached hydrogens (tertiary/aromatic N) is 1. The lowest BCUT2D eigenvalue weighted by molar-refractivity contribution is 0.255. The van der Waals surface area contributed by atoms with E-state index in [9.17, 15) is 0 Å². The molecule has 0 unspecified atom stereocenters. The first-order chi connectivity index (χ1) is 4.43. The van der Waals surface area contributed by atoms with E-state index < -0.39 is 0 Å². The summed E-state index contributed by atoms with van der Waals surface area (Å²) in [6.45, 7) is 5.94. The van der Waals surface area contributed by atoms with Crippen molar-refractivity contribution in [2.75, 3.05) is 38.1 Å². The second-order valence-corrected chi connectivity index (χ2v) is 3.07. The third-order valence-electron chi connectivity index (χ3n) is 1.61. The van der Waals surface area contributed by atoms with E-state index in [1.54, 1.807) is 0 Å². The molecule has 3 heteroatoms. The molecule has 1 aliphatic heterocycles. The monoisotopic (exact) mass is 192 g/mol. The lowest BCUT2D eigenvalue weighted by Crippen LogP contribution is -2.44. The van der Waals surface area contributed by atoms with Crippen LogP contribution < -0.4 is 5.32 Å². The lowest BCUT2D eigenvalue weighted by atomic mass is 10.4. The fourth-order valence-electron chi connectivity index (χ4n) is 1.05. The molecule has 0 bridgehead atoms. The first-order valence-corrected chi connectivity index (χ1v) is 4.54. The summed E-state index contributed by atoms with van der Waals surface area (Å²) >= 11 is 3.42. The highest BCUT2D eigenvalue weighted by Crippen LogP contribution is 1.92. The molecule has 0 amide bonds. The van der Waals surface area contributed by atoms with Gasteiger partial charge in [0.15, 0.2) is 0 Å². The highest BCUT2D eigenvalue weighted by Gasteiger charge is 2.06. The van der Waals surface area contributed by atoms with Gasteiger partial charge >= 0.3 is 0 Å².